The lowest BCUT2D eigenvalue weighted by molar-refractivity contribution is 0.588. The number of rotatable bonds is 6. The molecule has 0 amide bonds. The zero-order chi connectivity index (χ0) is 14.6. The van der Waals surface area contributed by atoms with Crippen molar-refractivity contribution in [1.82, 2.24) is 15.5 Å². The van der Waals surface area contributed by atoms with Crippen molar-refractivity contribution in [3.63, 3.8) is 0 Å². The summed E-state index contributed by atoms with van der Waals surface area (Å²) in [6, 6.07) is 7.19. The van der Waals surface area contributed by atoms with Gasteiger partial charge in [-0.25, -0.2) is 8.42 Å². The van der Waals surface area contributed by atoms with E-state index < -0.39 is 10.0 Å². The highest BCUT2D eigenvalue weighted by atomic mass is 32.2. The summed E-state index contributed by atoms with van der Waals surface area (Å²) in [5.74, 6) is 0. The Hall–Kier alpha value is -1.86. The standard InChI is InChI=1S/C13H18N4O2S/c1-10(2)14-7-11-3-5-13(6-4-11)20(18,19)17-12-8-15-16-9-12/h3-6,8-10,14,17H,7H2,1-2H3,(H,15,16). The molecule has 0 bridgehead atoms. The van der Waals surface area contributed by atoms with E-state index in [1.807, 2.05) is 0 Å². The molecule has 6 nitrogen and oxygen atoms in total. The average molecular weight is 294 g/mol. The Kier molecular flexibility index (Phi) is 4.41. The molecule has 0 unspecified atom stereocenters. The van der Waals surface area contributed by atoms with Crippen LogP contribution in [0.4, 0.5) is 5.69 Å². The zero-order valence-corrected chi connectivity index (χ0v) is 12.2. The van der Waals surface area contributed by atoms with Gasteiger partial charge in [-0.3, -0.25) is 9.82 Å². The molecule has 0 aliphatic heterocycles. The Morgan fingerprint density at radius 2 is 1.95 bits per heavy atom. The summed E-state index contributed by atoms with van der Waals surface area (Å²) in [6.45, 7) is 4.84. The molecule has 3 N–H and O–H groups in total. The Morgan fingerprint density at radius 3 is 2.50 bits per heavy atom. The maximum absolute atomic E-state index is 12.1. The van der Waals surface area contributed by atoms with Crippen molar-refractivity contribution in [2.75, 3.05) is 4.72 Å². The topological polar surface area (TPSA) is 86.9 Å². The maximum atomic E-state index is 12.1. The van der Waals surface area contributed by atoms with Crippen molar-refractivity contribution in [1.29, 1.82) is 0 Å². The highest BCUT2D eigenvalue weighted by Gasteiger charge is 2.14. The van der Waals surface area contributed by atoms with Crippen LogP contribution in [0.15, 0.2) is 41.6 Å². The fourth-order valence-electron chi connectivity index (χ4n) is 1.63. The molecule has 20 heavy (non-hydrogen) atoms. The lowest BCUT2D eigenvalue weighted by atomic mass is 10.2. The first kappa shape index (κ1) is 14.5. The lowest BCUT2D eigenvalue weighted by Gasteiger charge is -2.09. The van der Waals surface area contributed by atoms with Gasteiger partial charge in [0.25, 0.3) is 10.0 Å². The van der Waals surface area contributed by atoms with Crippen LogP contribution in [0.3, 0.4) is 0 Å². The molecule has 0 aliphatic carbocycles. The number of hydrogen-bond acceptors (Lipinski definition) is 4. The Balaban J connectivity index is 2.08. The summed E-state index contributed by atoms with van der Waals surface area (Å²) in [5, 5.41) is 9.53. The van der Waals surface area contributed by atoms with Gasteiger partial charge < -0.3 is 5.32 Å². The molecule has 0 saturated carbocycles. The van der Waals surface area contributed by atoms with Gasteiger partial charge in [0, 0.05) is 18.8 Å². The second kappa shape index (κ2) is 6.06. The molecule has 1 aromatic carbocycles. The molecule has 0 aliphatic rings. The van der Waals surface area contributed by atoms with E-state index in [4.69, 9.17) is 0 Å². The quantitative estimate of drug-likeness (QED) is 0.757. The summed E-state index contributed by atoms with van der Waals surface area (Å²) >= 11 is 0. The molecule has 0 spiro atoms. The van der Waals surface area contributed by atoms with Crippen molar-refractivity contribution in [2.24, 2.45) is 0 Å². The molecule has 108 valence electrons. The van der Waals surface area contributed by atoms with Crippen LogP contribution < -0.4 is 10.0 Å². The second-order valence-electron chi connectivity index (χ2n) is 4.77. The number of hydrogen-bond donors (Lipinski definition) is 3. The van der Waals surface area contributed by atoms with Gasteiger partial charge in [-0.15, -0.1) is 0 Å². The Bertz CT molecular complexity index is 634. The molecule has 7 heteroatoms. The van der Waals surface area contributed by atoms with E-state index in [0.717, 1.165) is 5.56 Å². The SMILES string of the molecule is CC(C)NCc1ccc(S(=O)(=O)Nc2cn[nH]c2)cc1. The van der Waals surface area contributed by atoms with Crippen LogP contribution >= 0.6 is 0 Å². The van der Waals surface area contributed by atoms with Crippen LogP contribution in [0.1, 0.15) is 19.4 Å². The first-order valence-electron chi connectivity index (χ1n) is 6.31. The van der Waals surface area contributed by atoms with Crippen molar-refractivity contribution in [3.05, 3.63) is 42.2 Å². The third-order valence-corrected chi connectivity index (χ3v) is 4.10. The van der Waals surface area contributed by atoms with Crippen molar-refractivity contribution < 1.29 is 8.42 Å². The number of aromatic nitrogens is 2. The van der Waals surface area contributed by atoms with E-state index >= 15 is 0 Å². The number of aromatic amines is 1. The number of nitrogens with zero attached hydrogens (tertiary/aromatic N) is 1. The maximum Gasteiger partial charge on any atom is 0.261 e. The van der Waals surface area contributed by atoms with Gasteiger partial charge in [-0.05, 0) is 17.7 Å². The molecule has 0 atom stereocenters. The van der Waals surface area contributed by atoms with Crippen molar-refractivity contribution in [3.8, 4) is 0 Å². The monoisotopic (exact) mass is 294 g/mol. The van der Waals surface area contributed by atoms with Gasteiger partial charge in [0.05, 0.1) is 16.8 Å². The predicted molar refractivity (Wildman–Crippen MR) is 77.8 cm³/mol. The molecular formula is C13H18N4O2S. The van der Waals surface area contributed by atoms with Crippen LogP contribution in [0.5, 0.6) is 0 Å². The molecule has 0 radical (unpaired) electrons. The third-order valence-electron chi connectivity index (χ3n) is 2.70. The number of nitrogens with one attached hydrogen (secondary N) is 3. The number of sulfonamides is 1. The normalized spacial score (nSPS) is 11.8. The first-order chi connectivity index (χ1) is 9.47. The smallest absolute Gasteiger partial charge is 0.261 e. The number of H-pyrrole nitrogens is 1. The van der Waals surface area contributed by atoms with Gasteiger partial charge in [-0.1, -0.05) is 26.0 Å². The van der Waals surface area contributed by atoms with Crippen LogP contribution in [0, 0.1) is 0 Å². The Morgan fingerprint density at radius 1 is 1.25 bits per heavy atom. The molecule has 2 rings (SSSR count). The van der Waals surface area contributed by atoms with Gasteiger partial charge in [0.1, 0.15) is 0 Å². The minimum Gasteiger partial charge on any atom is -0.310 e. The molecule has 0 saturated heterocycles. The lowest BCUT2D eigenvalue weighted by Crippen LogP contribution is -2.21. The molecular weight excluding hydrogens is 276 g/mol. The number of anilines is 1. The minimum absolute atomic E-state index is 0.229. The minimum atomic E-state index is -3.56. The second-order valence-corrected chi connectivity index (χ2v) is 6.45. The third kappa shape index (κ3) is 3.82. The van der Waals surface area contributed by atoms with Gasteiger partial charge >= 0.3 is 0 Å². The van der Waals surface area contributed by atoms with Crippen LogP contribution in [0.2, 0.25) is 0 Å². The summed E-state index contributed by atoms with van der Waals surface area (Å²) in [4.78, 5) is 0.229. The van der Waals surface area contributed by atoms with Crippen molar-refractivity contribution in [2.45, 2.75) is 31.3 Å². The molecule has 1 aromatic heterocycles. The van der Waals surface area contributed by atoms with Crippen LogP contribution in [-0.2, 0) is 16.6 Å². The van der Waals surface area contributed by atoms with E-state index in [-0.39, 0.29) is 4.90 Å². The van der Waals surface area contributed by atoms with E-state index in [1.54, 1.807) is 24.3 Å². The van der Waals surface area contributed by atoms with E-state index in [9.17, 15) is 8.42 Å². The Labute approximate surface area is 118 Å². The zero-order valence-electron chi connectivity index (χ0n) is 11.4. The summed E-state index contributed by atoms with van der Waals surface area (Å²) in [7, 11) is -3.56. The fraction of sp³-hybridized carbons (Fsp3) is 0.308. The summed E-state index contributed by atoms with van der Waals surface area (Å²) in [5.41, 5.74) is 1.46. The van der Waals surface area contributed by atoms with Gasteiger partial charge in [-0.2, -0.15) is 5.10 Å². The molecule has 1 heterocycles. The fourth-order valence-corrected chi connectivity index (χ4v) is 2.66. The first-order valence-corrected chi connectivity index (χ1v) is 7.79. The number of benzene rings is 1. The van der Waals surface area contributed by atoms with Gasteiger partial charge in [0.2, 0.25) is 0 Å². The molecule has 0 fully saturated rings. The average Bonchev–Trinajstić information content (AvgIpc) is 2.89. The highest BCUT2D eigenvalue weighted by Crippen LogP contribution is 2.15. The highest BCUT2D eigenvalue weighted by molar-refractivity contribution is 7.92. The summed E-state index contributed by atoms with van der Waals surface area (Å²) in [6.07, 6.45) is 2.90. The van der Waals surface area contributed by atoms with E-state index in [1.165, 1.54) is 12.4 Å². The predicted octanol–water partition coefficient (Wildman–Crippen LogP) is 1.71. The van der Waals surface area contributed by atoms with Crippen LogP contribution in [0.25, 0.3) is 0 Å². The largest absolute Gasteiger partial charge is 0.310 e. The van der Waals surface area contributed by atoms with E-state index in [0.29, 0.717) is 18.3 Å². The van der Waals surface area contributed by atoms with Crippen LogP contribution in [-0.4, -0.2) is 24.7 Å². The molecule has 2 aromatic rings. The summed E-state index contributed by atoms with van der Waals surface area (Å²) < 4.78 is 26.7. The van der Waals surface area contributed by atoms with Crippen molar-refractivity contribution >= 4 is 15.7 Å². The van der Waals surface area contributed by atoms with E-state index in [2.05, 4.69) is 34.1 Å². The van der Waals surface area contributed by atoms with Gasteiger partial charge in [0.15, 0.2) is 0 Å².